The zero-order chi connectivity index (χ0) is 21.2. The molecular weight excluding hydrogens is 366 g/mol. The quantitative estimate of drug-likeness (QED) is 0.231. The van der Waals surface area contributed by atoms with Gasteiger partial charge < -0.3 is 14.8 Å². The number of rotatable bonds is 16. The van der Waals surface area contributed by atoms with Gasteiger partial charge in [0, 0.05) is 0 Å². The number of carbonyl (C=O) groups excluding carboxylic acids is 2. The van der Waals surface area contributed by atoms with E-state index in [9.17, 15) is 9.59 Å². The molecule has 170 valence electrons. The Bertz CT molecular complexity index is 421. The van der Waals surface area contributed by atoms with E-state index in [0.29, 0.717) is 13.2 Å². The Kier molecular flexibility index (Phi) is 15.6. The number of alkyl carbamates (subject to hydrolysis) is 1. The molecule has 0 spiro atoms. The van der Waals surface area contributed by atoms with Crippen LogP contribution in [-0.2, 0) is 14.3 Å². The number of carbonyl (C=O) groups is 2. The highest BCUT2D eigenvalue weighted by molar-refractivity contribution is 5.81. The molecule has 1 aliphatic carbocycles. The lowest BCUT2D eigenvalue weighted by atomic mass is 9.84. The van der Waals surface area contributed by atoms with Crippen molar-refractivity contribution in [3.05, 3.63) is 0 Å². The number of ether oxygens (including phenoxy) is 2. The molecule has 1 saturated carbocycles. The Morgan fingerprint density at radius 3 is 1.93 bits per heavy atom. The van der Waals surface area contributed by atoms with Gasteiger partial charge in [0.05, 0.1) is 13.2 Å². The summed E-state index contributed by atoms with van der Waals surface area (Å²) < 4.78 is 10.8. The summed E-state index contributed by atoms with van der Waals surface area (Å²) in [6.07, 6.45) is 17.6. The maximum absolute atomic E-state index is 12.6. The summed E-state index contributed by atoms with van der Waals surface area (Å²) >= 11 is 0. The minimum Gasteiger partial charge on any atom is -0.464 e. The SMILES string of the molecule is CCCCCCCCCCOC(=O)NC(C(=O)OCCCCC)C1CCCCC1. The molecule has 5 nitrogen and oxygen atoms in total. The van der Waals surface area contributed by atoms with Crippen LogP contribution in [0.15, 0.2) is 0 Å². The molecule has 29 heavy (non-hydrogen) atoms. The normalized spacial score (nSPS) is 15.7. The summed E-state index contributed by atoms with van der Waals surface area (Å²) in [6.45, 7) is 5.21. The summed E-state index contributed by atoms with van der Waals surface area (Å²) in [4.78, 5) is 24.8. The van der Waals surface area contributed by atoms with Crippen molar-refractivity contribution < 1.29 is 19.1 Å². The largest absolute Gasteiger partial charge is 0.464 e. The Labute approximate surface area is 178 Å². The van der Waals surface area contributed by atoms with E-state index in [4.69, 9.17) is 9.47 Å². The molecule has 0 saturated heterocycles. The molecule has 5 heteroatoms. The van der Waals surface area contributed by atoms with Gasteiger partial charge in [-0.05, 0) is 31.6 Å². The van der Waals surface area contributed by atoms with Gasteiger partial charge in [-0.25, -0.2) is 9.59 Å². The van der Waals surface area contributed by atoms with Crippen LogP contribution >= 0.6 is 0 Å². The van der Waals surface area contributed by atoms with Gasteiger partial charge in [0.25, 0.3) is 0 Å². The number of hydrogen-bond donors (Lipinski definition) is 1. The first kappa shape index (κ1) is 25.8. The standard InChI is InChI=1S/C24H45NO4/c1-3-5-7-8-9-10-11-16-20-29-24(27)25-22(21-17-13-12-14-18-21)23(26)28-19-15-6-4-2/h21-22H,3-20H2,1-2H3,(H,25,27). The molecule has 1 rings (SSSR count). The fourth-order valence-electron chi connectivity index (χ4n) is 4.02. The molecule has 1 atom stereocenters. The second kappa shape index (κ2) is 17.6. The van der Waals surface area contributed by atoms with Crippen LogP contribution in [0.25, 0.3) is 0 Å². The number of unbranched alkanes of at least 4 members (excludes halogenated alkanes) is 9. The van der Waals surface area contributed by atoms with E-state index in [1.165, 1.54) is 44.9 Å². The second-order valence-corrected chi connectivity index (χ2v) is 8.51. The molecule has 0 aromatic rings. The summed E-state index contributed by atoms with van der Waals surface area (Å²) in [5.74, 6) is -0.130. The Morgan fingerprint density at radius 1 is 0.759 bits per heavy atom. The van der Waals surface area contributed by atoms with Crippen molar-refractivity contribution in [3.63, 3.8) is 0 Å². The minimum absolute atomic E-state index is 0.165. The van der Waals surface area contributed by atoms with E-state index >= 15 is 0 Å². The molecular formula is C24H45NO4. The predicted molar refractivity (Wildman–Crippen MR) is 118 cm³/mol. The molecule has 0 bridgehead atoms. The average Bonchev–Trinajstić information content (AvgIpc) is 2.74. The van der Waals surface area contributed by atoms with Crippen LogP contribution < -0.4 is 5.32 Å². The van der Waals surface area contributed by atoms with Gasteiger partial charge >= 0.3 is 12.1 Å². The van der Waals surface area contributed by atoms with E-state index in [-0.39, 0.29) is 11.9 Å². The van der Waals surface area contributed by atoms with Crippen molar-refractivity contribution in [2.45, 2.75) is 123 Å². The van der Waals surface area contributed by atoms with Crippen LogP contribution in [0, 0.1) is 5.92 Å². The monoisotopic (exact) mass is 411 g/mol. The van der Waals surface area contributed by atoms with Gasteiger partial charge in [0.2, 0.25) is 0 Å². The number of nitrogens with one attached hydrogen (secondary N) is 1. The first-order valence-electron chi connectivity index (χ1n) is 12.3. The van der Waals surface area contributed by atoms with E-state index in [1.807, 2.05) is 0 Å². The summed E-state index contributed by atoms with van der Waals surface area (Å²) in [7, 11) is 0. The fourth-order valence-corrected chi connectivity index (χ4v) is 4.02. The molecule has 1 fully saturated rings. The van der Waals surface area contributed by atoms with Crippen molar-refractivity contribution >= 4 is 12.1 Å². The maximum atomic E-state index is 12.6. The predicted octanol–water partition coefficient (Wildman–Crippen LogP) is 6.54. The van der Waals surface area contributed by atoms with E-state index in [0.717, 1.165) is 57.8 Å². The van der Waals surface area contributed by atoms with Gasteiger partial charge in [0.1, 0.15) is 6.04 Å². The van der Waals surface area contributed by atoms with E-state index in [2.05, 4.69) is 19.2 Å². The number of amides is 1. The average molecular weight is 412 g/mol. The van der Waals surface area contributed by atoms with Crippen LogP contribution in [0.1, 0.15) is 117 Å². The molecule has 0 aromatic carbocycles. The highest BCUT2D eigenvalue weighted by Gasteiger charge is 2.32. The molecule has 1 unspecified atom stereocenters. The molecule has 0 radical (unpaired) electrons. The lowest BCUT2D eigenvalue weighted by molar-refractivity contribution is -0.148. The molecule has 0 aliphatic heterocycles. The van der Waals surface area contributed by atoms with Crippen molar-refractivity contribution in [3.8, 4) is 0 Å². The van der Waals surface area contributed by atoms with Crippen LogP contribution in [0.5, 0.6) is 0 Å². The first-order valence-corrected chi connectivity index (χ1v) is 12.3. The Morgan fingerprint density at radius 2 is 1.28 bits per heavy atom. The highest BCUT2D eigenvalue weighted by Crippen LogP contribution is 2.27. The van der Waals surface area contributed by atoms with Gasteiger partial charge in [-0.2, -0.15) is 0 Å². The van der Waals surface area contributed by atoms with Gasteiger partial charge in [0.15, 0.2) is 0 Å². The van der Waals surface area contributed by atoms with E-state index < -0.39 is 12.1 Å². The third-order valence-corrected chi connectivity index (χ3v) is 5.87. The zero-order valence-electron chi connectivity index (χ0n) is 19.0. The smallest absolute Gasteiger partial charge is 0.407 e. The molecule has 1 aliphatic rings. The second-order valence-electron chi connectivity index (χ2n) is 8.51. The van der Waals surface area contributed by atoms with Crippen molar-refractivity contribution in [2.75, 3.05) is 13.2 Å². The van der Waals surface area contributed by atoms with Gasteiger partial charge in [-0.15, -0.1) is 0 Å². The lowest BCUT2D eigenvalue weighted by Crippen LogP contribution is -2.47. The zero-order valence-corrected chi connectivity index (χ0v) is 19.0. The molecule has 0 heterocycles. The van der Waals surface area contributed by atoms with E-state index in [1.54, 1.807) is 0 Å². The fraction of sp³-hybridized carbons (Fsp3) is 0.917. The third-order valence-electron chi connectivity index (χ3n) is 5.87. The summed E-state index contributed by atoms with van der Waals surface area (Å²) in [5.41, 5.74) is 0. The Balaban J connectivity index is 2.28. The first-order chi connectivity index (χ1) is 14.2. The molecule has 1 N–H and O–H groups in total. The number of esters is 1. The molecule has 1 amide bonds. The Hall–Kier alpha value is -1.26. The third kappa shape index (κ3) is 12.8. The van der Waals surface area contributed by atoms with Crippen molar-refractivity contribution in [2.24, 2.45) is 5.92 Å². The number of hydrogen-bond acceptors (Lipinski definition) is 4. The van der Waals surface area contributed by atoms with Gasteiger partial charge in [-0.1, -0.05) is 90.9 Å². The summed E-state index contributed by atoms with van der Waals surface area (Å²) in [5, 5.41) is 2.82. The van der Waals surface area contributed by atoms with Crippen LogP contribution in [0.2, 0.25) is 0 Å². The topological polar surface area (TPSA) is 64.6 Å². The highest BCUT2D eigenvalue weighted by atomic mass is 16.6. The van der Waals surface area contributed by atoms with Crippen molar-refractivity contribution in [1.82, 2.24) is 5.32 Å². The van der Waals surface area contributed by atoms with Crippen LogP contribution in [-0.4, -0.2) is 31.3 Å². The summed E-state index contributed by atoms with van der Waals surface area (Å²) in [6, 6.07) is -0.567. The minimum atomic E-state index is -0.567. The van der Waals surface area contributed by atoms with Crippen LogP contribution in [0.4, 0.5) is 4.79 Å². The van der Waals surface area contributed by atoms with Crippen LogP contribution in [0.3, 0.4) is 0 Å². The molecule has 0 aromatic heterocycles. The lowest BCUT2D eigenvalue weighted by Gasteiger charge is -2.29. The van der Waals surface area contributed by atoms with Gasteiger partial charge in [-0.3, -0.25) is 0 Å². The maximum Gasteiger partial charge on any atom is 0.407 e. The van der Waals surface area contributed by atoms with Crippen molar-refractivity contribution in [1.29, 1.82) is 0 Å².